The third-order valence-corrected chi connectivity index (χ3v) is 0.509. The molecule has 0 unspecified atom stereocenters. The van der Waals surface area contributed by atoms with E-state index in [-0.39, 0.29) is 12.4 Å². The molecule has 3 nitrogen and oxygen atoms in total. The van der Waals surface area contributed by atoms with E-state index in [1.165, 1.54) is 0 Å². The lowest BCUT2D eigenvalue weighted by Gasteiger charge is -1.90. The summed E-state index contributed by atoms with van der Waals surface area (Å²) in [5.74, 6) is -0.359. The Morgan fingerprint density at radius 2 is 2.43 bits per heavy atom. The van der Waals surface area contributed by atoms with Crippen molar-refractivity contribution in [2.45, 2.75) is 6.42 Å². The van der Waals surface area contributed by atoms with Gasteiger partial charge >= 0.3 is 5.97 Å². The zero-order valence-electron chi connectivity index (χ0n) is 4.02. The standard InChI is InChI=1S/C4H8NO2/c1-7-4(6)2-3-5/h1-3,5H2. The van der Waals surface area contributed by atoms with E-state index in [9.17, 15) is 4.79 Å². The maximum Gasteiger partial charge on any atom is 0.307 e. The molecule has 0 aromatic heterocycles. The maximum atomic E-state index is 10.0. The molecule has 0 atom stereocenters. The molecule has 0 amide bonds. The summed E-state index contributed by atoms with van der Waals surface area (Å²) in [5.41, 5.74) is 4.98. The first-order valence-electron chi connectivity index (χ1n) is 1.96. The lowest BCUT2D eigenvalue weighted by Crippen LogP contribution is -2.07. The molecule has 0 aliphatic carbocycles. The Morgan fingerprint density at radius 3 is 2.57 bits per heavy atom. The van der Waals surface area contributed by atoms with Crippen LogP contribution in [0.5, 0.6) is 0 Å². The first kappa shape index (κ1) is 6.43. The van der Waals surface area contributed by atoms with Crippen LogP contribution in [0.4, 0.5) is 0 Å². The minimum absolute atomic E-state index is 0.253. The van der Waals surface area contributed by atoms with Gasteiger partial charge in [-0.15, -0.1) is 0 Å². The van der Waals surface area contributed by atoms with Crippen molar-refractivity contribution in [3.05, 3.63) is 7.11 Å². The molecule has 2 N–H and O–H groups in total. The Labute approximate surface area is 42.4 Å². The van der Waals surface area contributed by atoms with Crippen molar-refractivity contribution >= 4 is 5.97 Å². The van der Waals surface area contributed by atoms with Gasteiger partial charge in [0.15, 0.2) is 0 Å². The van der Waals surface area contributed by atoms with E-state index in [0.717, 1.165) is 0 Å². The number of carbonyl (C=O) groups is 1. The molecule has 0 aliphatic rings. The number of esters is 1. The SMILES string of the molecule is [CH2]OC(=O)CCN. The highest BCUT2D eigenvalue weighted by Crippen LogP contribution is 1.78. The van der Waals surface area contributed by atoms with Crippen molar-refractivity contribution < 1.29 is 9.53 Å². The predicted molar refractivity (Wildman–Crippen MR) is 25.1 cm³/mol. The summed E-state index contributed by atoms with van der Waals surface area (Å²) >= 11 is 0. The summed E-state index contributed by atoms with van der Waals surface area (Å²) in [5, 5.41) is 0. The summed E-state index contributed by atoms with van der Waals surface area (Å²) in [4.78, 5) is 10.0. The summed E-state index contributed by atoms with van der Waals surface area (Å²) < 4.78 is 4.02. The van der Waals surface area contributed by atoms with Crippen LogP contribution in [0.1, 0.15) is 6.42 Å². The van der Waals surface area contributed by atoms with Gasteiger partial charge in [0.05, 0.1) is 6.42 Å². The molecule has 0 saturated heterocycles. The molecule has 0 bridgehead atoms. The number of carbonyl (C=O) groups excluding carboxylic acids is 1. The summed E-state index contributed by atoms with van der Waals surface area (Å²) in [6.45, 7) is 0.328. The molecular weight excluding hydrogens is 94.0 g/mol. The van der Waals surface area contributed by atoms with Crippen molar-refractivity contribution in [3.8, 4) is 0 Å². The number of ether oxygens (including phenoxy) is 1. The van der Waals surface area contributed by atoms with Gasteiger partial charge in [-0.2, -0.15) is 0 Å². The van der Waals surface area contributed by atoms with E-state index in [1.54, 1.807) is 0 Å². The van der Waals surface area contributed by atoms with Crippen LogP contribution in [-0.2, 0) is 9.53 Å². The Morgan fingerprint density at radius 1 is 1.86 bits per heavy atom. The second kappa shape index (κ2) is 3.61. The van der Waals surface area contributed by atoms with Crippen LogP contribution in [0.15, 0.2) is 0 Å². The third kappa shape index (κ3) is 3.26. The highest BCUT2D eigenvalue weighted by molar-refractivity contribution is 5.69. The van der Waals surface area contributed by atoms with Crippen molar-refractivity contribution in [1.29, 1.82) is 0 Å². The van der Waals surface area contributed by atoms with E-state index < -0.39 is 0 Å². The van der Waals surface area contributed by atoms with Crippen molar-refractivity contribution in [2.75, 3.05) is 6.54 Å². The average molecular weight is 102 g/mol. The van der Waals surface area contributed by atoms with E-state index in [1.807, 2.05) is 0 Å². The first-order chi connectivity index (χ1) is 3.31. The number of rotatable bonds is 2. The molecule has 0 saturated carbocycles. The Balaban J connectivity index is 3.00. The van der Waals surface area contributed by atoms with Gasteiger partial charge in [-0.05, 0) is 0 Å². The highest BCUT2D eigenvalue weighted by Gasteiger charge is 1.93. The van der Waals surface area contributed by atoms with Gasteiger partial charge in [-0.3, -0.25) is 4.79 Å². The van der Waals surface area contributed by atoms with Crippen LogP contribution in [0.3, 0.4) is 0 Å². The van der Waals surface area contributed by atoms with E-state index >= 15 is 0 Å². The summed E-state index contributed by atoms with van der Waals surface area (Å²) in [6.07, 6.45) is 0.253. The zero-order valence-corrected chi connectivity index (χ0v) is 4.02. The van der Waals surface area contributed by atoms with Gasteiger partial charge in [-0.1, -0.05) is 0 Å². The number of hydrogen-bond acceptors (Lipinski definition) is 3. The largest absolute Gasteiger partial charge is 0.462 e. The van der Waals surface area contributed by atoms with Crippen LogP contribution in [-0.4, -0.2) is 12.5 Å². The lowest BCUT2D eigenvalue weighted by molar-refractivity contribution is -0.138. The smallest absolute Gasteiger partial charge is 0.307 e. The van der Waals surface area contributed by atoms with Gasteiger partial charge in [0.1, 0.15) is 7.11 Å². The molecule has 0 aromatic carbocycles. The first-order valence-corrected chi connectivity index (χ1v) is 1.96. The second-order valence-electron chi connectivity index (χ2n) is 1.06. The fourth-order valence-electron chi connectivity index (χ4n) is 0.190. The zero-order chi connectivity index (χ0) is 5.70. The summed E-state index contributed by atoms with van der Waals surface area (Å²) in [6, 6.07) is 0. The van der Waals surface area contributed by atoms with Crippen LogP contribution < -0.4 is 5.73 Å². The predicted octanol–water partition coefficient (Wildman–Crippen LogP) is -0.330. The Hall–Kier alpha value is -0.570. The highest BCUT2D eigenvalue weighted by atomic mass is 16.5. The van der Waals surface area contributed by atoms with Crippen LogP contribution in [0.2, 0.25) is 0 Å². The molecule has 7 heavy (non-hydrogen) atoms. The normalized spacial score (nSPS) is 8.29. The van der Waals surface area contributed by atoms with Crippen LogP contribution in [0.25, 0.3) is 0 Å². The van der Waals surface area contributed by atoms with Crippen LogP contribution >= 0.6 is 0 Å². The van der Waals surface area contributed by atoms with Crippen molar-refractivity contribution in [1.82, 2.24) is 0 Å². The minimum atomic E-state index is -0.359. The quantitative estimate of drug-likeness (QED) is 0.486. The number of nitrogens with two attached hydrogens (primary N) is 1. The van der Waals surface area contributed by atoms with Gasteiger partial charge in [-0.25, -0.2) is 0 Å². The topological polar surface area (TPSA) is 52.3 Å². The van der Waals surface area contributed by atoms with Gasteiger partial charge in [0.25, 0.3) is 0 Å². The van der Waals surface area contributed by atoms with Crippen molar-refractivity contribution in [3.63, 3.8) is 0 Å². The average Bonchev–Trinajstić information content (AvgIpc) is 1.68. The Kier molecular flexibility index (Phi) is 3.32. The summed E-state index contributed by atoms with van der Waals surface area (Å²) in [7, 11) is 2.90. The fourth-order valence-corrected chi connectivity index (χ4v) is 0.190. The van der Waals surface area contributed by atoms with Gasteiger partial charge < -0.3 is 10.5 Å². The molecule has 0 rings (SSSR count). The molecule has 41 valence electrons. The molecular formula is C4H8NO2. The molecule has 0 aliphatic heterocycles. The van der Waals surface area contributed by atoms with E-state index in [0.29, 0.717) is 6.54 Å². The van der Waals surface area contributed by atoms with Gasteiger partial charge in [0, 0.05) is 6.54 Å². The van der Waals surface area contributed by atoms with Gasteiger partial charge in [0.2, 0.25) is 0 Å². The maximum absolute atomic E-state index is 10.0. The second-order valence-corrected chi connectivity index (χ2v) is 1.06. The molecule has 0 aromatic rings. The van der Waals surface area contributed by atoms with E-state index in [4.69, 9.17) is 5.73 Å². The third-order valence-electron chi connectivity index (χ3n) is 0.509. The minimum Gasteiger partial charge on any atom is -0.462 e. The molecule has 0 fully saturated rings. The monoisotopic (exact) mass is 102 g/mol. The fraction of sp³-hybridized carbons (Fsp3) is 0.500. The van der Waals surface area contributed by atoms with E-state index in [2.05, 4.69) is 11.8 Å². The molecule has 3 heteroatoms. The van der Waals surface area contributed by atoms with Crippen LogP contribution in [0, 0.1) is 7.11 Å². The molecule has 1 radical (unpaired) electrons. The molecule has 0 heterocycles. The number of hydrogen-bond donors (Lipinski definition) is 1. The van der Waals surface area contributed by atoms with Crippen molar-refractivity contribution in [2.24, 2.45) is 5.73 Å². The Bertz CT molecular complexity index is 62.7. The lowest BCUT2D eigenvalue weighted by atomic mass is 10.4. The molecule has 0 spiro atoms.